The second kappa shape index (κ2) is 17.2. The third kappa shape index (κ3) is 9.77. The van der Waals surface area contributed by atoms with E-state index in [-0.39, 0.29) is 48.5 Å². The van der Waals surface area contributed by atoms with Gasteiger partial charge in [-0.2, -0.15) is 5.26 Å². The van der Waals surface area contributed by atoms with Crippen molar-refractivity contribution in [2.45, 2.75) is 65.1 Å². The summed E-state index contributed by atoms with van der Waals surface area (Å²) in [5.74, 6) is -0.171. The SMILES string of the molecule is CC(=O)Oc1cccc(C)c1C.CC(C)(C(=O)OC[N+](C)(C)CCCC1(c2ccc(F)cc2)OCc2cc(C#N)ccc21)c1ccccc1.[I-]. The summed E-state index contributed by atoms with van der Waals surface area (Å²) in [5, 5.41) is 9.31. The number of carbonyl (C=O) groups excluding carboxylic acids is 2. The van der Waals surface area contributed by atoms with Crippen molar-refractivity contribution in [2.24, 2.45) is 0 Å². The Labute approximate surface area is 312 Å². The topological polar surface area (TPSA) is 85.6 Å². The molecule has 4 aromatic carbocycles. The normalized spacial score (nSPS) is 15.0. The fourth-order valence-corrected chi connectivity index (χ4v) is 5.96. The molecule has 1 atom stereocenters. The number of esters is 2. The summed E-state index contributed by atoms with van der Waals surface area (Å²) in [6.07, 6.45) is 1.45. The number of rotatable bonds is 10. The monoisotopic (exact) mass is 792 g/mol. The van der Waals surface area contributed by atoms with E-state index in [9.17, 15) is 19.2 Å². The van der Waals surface area contributed by atoms with E-state index < -0.39 is 11.0 Å². The van der Waals surface area contributed by atoms with Crippen LogP contribution in [0.5, 0.6) is 5.75 Å². The summed E-state index contributed by atoms with van der Waals surface area (Å²) in [5.41, 5.74) is 5.09. The van der Waals surface area contributed by atoms with Gasteiger partial charge in [0.2, 0.25) is 6.73 Å². The smallest absolute Gasteiger partial charge is 0.320 e. The summed E-state index contributed by atoms with van der Waals surface area (Å²) < 4.78 is 31.4. The first-order valence-corrected chi connectivity index (χ1v) is 16.4. The van der Waals surface area contributed by atoms with Gasteiger partial charge in [-0.05, 0) is 97.8 Å². The van der Waals surface area contributed by atoms with Gasteiger partial charge in [-0.15, -0.1) is 0 Å². The van der Waals surface area contributed by atoms with Gasteiger partial charge in [-0.3, -0.25) is 14.1 Å². The van der Waals surface area contributed by atoms with Crippen molar-refractivity contribution in [3.05, 3.63) is 136 Å². The second-order valence-electron chi connectivity index (χ2n) is 13.7. The zero-order valence-corrected chi connectivity index (χ0v) is 32.0. The number of ether oxygens (including phenoxy) is 3. The molecule has 4 aromatic rings. The number of benzene rings is 4. The number of nitrogens with zero attached hydrogens (tertiary/aromatic N) is 2. The Morgan fingerprint density at radius 1 is 0.980 bits per heavy atom. The standard InChI is InChI=1S/C31H34FN2O3.C10H12O2.HI/c1-30(2,25-9-6-5-7-10-25)29(35)36-22-34(3,4)18-8-17-31(26-12-14-27(32)15-13-26)28-16-11-23(20-33)19-24(28)21-37-31;1-7-5-4-6-10(8(7)2)12-9(3)11;/h5-7,9-16,19H,8,17-18,21-22H2,1-4H3;4-6H,1-3H3;1H/q+1;;/p-1. The van der Waals surface area contributed by atoms with Crippen molar-refractivity contribution in [1.82, 2.24) is 0 Å². The lowest BCUT2D eigenvalue weighted by molar-refractivity contribution is -0.907. The molecule has 264 valence electrons. The van der Waals surface area contributed by atoms with Gasteiger partial charge in [0.15, 0.2) is 0 Å². The molecule has 1 aliphatic heterocycles. The summed E-state index contributed by atoms with van der Waals surface area (Å²) >= 11 is 0. The lowest BCUT2D eigenvalue weighted by Gasteiger charge is -2.34. The van der Waals surface area contributed by atoms with E-state index in [2.05, 4.69) is 6.07 Å². The number of quaternary nitrogens is 1. The first-order valence-electron chi connectivity index (χ1n) is 16.4. The molecule has 1 heterocycles. The van der Waals surface area contributed by atoms with E-state index in [0.717, 1.165) is 46.3 Å². The molecule has 1 unspecified atom stereocenters. The van der Waals surface area contributed by atoms with Gasteiger partial charge in [0.1, 0.15) is 17.2 Å². The highest BCUT2D eigenvalue weighted by molar-refractivity contribution is 5.82. The summed E-state index contributed by atoms with van der Waals surface area (Å²) in [6, 6.07) is 29.6. The largest absolute Gasteiger partial charge is 1.00 e. The molecule has 9 heteroatoms. The van der Waals surface area contributed by atoms with Gasteiger partial charge >= 0.3 is 11.9 Å². The fraction of sp³-hybridized carbons (Fsp3) is 0.341. The minimum absolute atomic E-state index is 0. The Morgan fingerprint density at radius 2 is 1.66 bits per heavy atom. The molecule has 0 saturated carbocycles. The van der Waals surface area contributed by atoms with Gasteiger partial charge in [-0.1, -0.05) is 60.7 Å². The molecule has 0 N–H and O–H groups in total. The van der Waals surface area contributed by atoms with E-state index in [0.29, 0.717) is 28.8 Å². The Balaban J connectivity index is 0.000000441. The minimum atomic E-state index is -0.739. The van der Waals surface area contributed by atoms with Crippen molar-refractivity contribution in [1.29, 1.82) is 5.26 Å². The minimum Gasteiger partial charge on any atom is -1.00 e. The van der Waals surface area contributed by atoms with Gasteiger partial charge in [0.25, 0.3) is 0 Å². The van der Waals surface area contributed by atoms with Crippen LogP contribution in [0, 0.1) is 31.0 Å². The zero-order valence-electron chi connectivity index (χ0n) is 29.9. The maximum absolute atomic E-state index is 13.7. The van der Waals surface area contributed by atoms with Crippen LogP contribution in [0.25, 0.3) is 0 Å². The fourth-order valence-electron chi connectivity index (χ4n) is 5.96. The number of hydrogen-bond acceptors (Lipinski definition) is 6. The Hall–Kier alpha value is -4.11. The molecule has 50 heavy (non-hydrogen) atoms. The molecule has 1 aliphatic rings. The first kappa shape index (κ1) is 40.3. The third-order valence-electron chi connectivity index (χ3n) is 9.11. The first-order chi connectivity index (χ1) is 23.2. The van der Waals surface area contributed by atoms with Crippen molar-refractivity contribution in [3.63, 3.8) is 0 Å². The van der Waals surface area contributed by atoms with Crippen molar-refractivity contribution < 1.29 is 56.6 Å². The molecule has 0 spiro atoms. The van der Waals surface area contributed by atoms with Gasteiger partial charge < -0.3 is 38.2 Å². The van der Waals surface area contributed by atoms with Crippen LogP contribution in [0.3, 0.4) is 0 Å². The average molecular weight is 793 g/mol. The molecule has 0 aliphatic carbocycles. The number of carbonyl (C=O) groups is 2. The van der Waals surface area contributed by atoms with Crippen LogP contribution in [-0.2, 0) is 36.7 Å². The lowest BCUT2D eigenvalue weighted by atomic mass is 9.81. The van der Waals surface area contributed by atoms with E-state index in [1.54, 1.807) is 24.3 Å². The van der Waals surface area contributed by atoms with E-state index in [1.807, 2.05) is 96.4 Å². The zero-order chi connectivity index (χ0) is 35.8. The van der Waals surface area contributed by atoms with Crippen molar-refractivity contribution in [2.75, 3.05) is 27.4 Å². The molecule has 0 bridgehead atoms. The number of aryl methyl sites for hydroxylation is 1. The number of nitriles is 1. The number of fused-ring (bicyclic) bond motifs is 1. The molecule has 0 aromatic heterocycles. The highest BCUT2D eigenvalue weighted by atomic mass is 127. The molecule has 5 rings (SSSR count). The van der Waals surface area contributed by atoms with Crippen molar-refractivity contribution >= 4 is 11.9 Å². The summed E-state index contributed by atoms with van der Waals surface area (Å²) in [4.78, 5) is 23.6. The number of halogens is 2. The maximum atomic E-state index is 13.7. The van der Waals surface area contributed by atoms with Gasteiger partial charge in [0, 0.05) is 13.3 Å². The van der Waals surface area contributed by atoms with Crippen LogP contribution in [0.15, 0.2) is 91.0 Å². The quantitative estimate of drug-likeness (QED) is 0.0737. The summed E-state index contributed by atoms with van der Waals surface area (Å²) in [6.45, 7) is 10.5. The molecular formula is C41H46FIN2O5. The lowest BCUT2D eigenvalue weighted by Crippen LogP contribution is -3.00. The van der Waals surface area contributed by atoms with E-state index >= 15 is 0 Å². The Kier molecular flexibility index (Phi) is 13.9. The predicted molar refractivity (Wildman–Crippen MR) is 187 cm³/mol. The molecule has 0 fully saturated rings. The predicted octanol–water partition coefficient (Wildman–Crippen LogP) is 5.04. The Bertz CT molecular complexity index is 1820. The molecule has 0 saturated heterocycles. The molecule has 0 amide bonds. The van der Waals surface area contributed by atoms with Crippen LogP contribution >= 0.6 is 0 Å². The maximum Gasteiger partial charge on any atom is 0.320 e. The van der Waals surface area contributed by atoms with Crippen LogP contribution in [0.2, 0.25) is 0 Å². The van der Waals surface area contributed by atoms with Gasteiger partial charge in [0.05, 0.1) is 44.3 Å². The highest BCUT2D eigenvalue weighted by Crippen LogP contribution is 2.45. The van der Waals surface area contributed by atoms with Crippen LogP contribution < -0.4 is 28.7 Å². The molecular weight excluding hydrogens is 746 g/mol. The molecule has 0 radical (unpaired) electrons. The van der Waals surface area contributed by atoms with E-state index in [1.165, 1.54) is 19.1 Å². The van der Waals surface area contributed by atoms with Crippen LogP contribution in [-0.4, -0.2) is 43.8 Å². The van der Waals surface area contributed by atoms with Crippen molar-refractivity contribution in [3.8, 4) is 11.8 Å². The highest BCUT2D eigenvalue weighted by Gasteiger charge is 2.42. The number of hydrogen-bond donors (Lipinski definition) is 0. The summed E-state index contributed by atoms with van der Waals surface area (Å²) in [7, 11) is 4.08. The van der Waals surface area contributed by atoms with E-state index in [4.69, 9.17) is 14.2 Å². The second-order valence-corrected chi connectivity index (χ2v) is 13.7. The Morgan fingerprint density at radius 3 is 2.30 bits per heavy atom. The molecule has 7 nitrogen and oxygen atoms in total. The van der Waals surface area contributed by atoms with Gasteiger partial charge in [-0.25, -0.2) is 4.39 Å². The average Bonchev–Trinajstić information content (AvgIpc) is 3.45. The van der Waals surface area contributed by atoms with Crippen LogP contribution in [0.1, 0.15) is 72.6 Å². The van der Waals surface area contributed by atoms with Crippen LogP contribution in [0.4, 0.5) is 4.39 Å². The third-order valence-corrected chi connectivity index (χ3v) is 9.11.